The second kappa shape index (κ2) is 6.79. The Bertz CT molecular complexity index is 174. The van der Waals surface area contributed by atoms with Gasteiger partial charge in [0, 0.05) is 26.1 Å². The highest BCUT2D eigenvalue weighted by molar-refractivity contribution is 5.76. The van der Waals surface area contributed by atoms with Crippen LogP contribution < -0.4 is 5.73 Å². The summed E-state index contributed by atoms with van der Waals surface area (Å²) in [5.41, 5.74) is 5.29. The molecule has 4 nitrogen and oxygen atoms in total. The lowest BCUT2D eigenvalue weighted by molar-refractivity contribution is -0.131. The largest absolute Gasteiger partial charge is 0.378 e. The maximum absolute atomic E-state index is 11.5. The molecule has 0 bridgehead atoms. The number of carbonyl (C=O) groups is 1. The van der Waals surface area contributed by atoms with E-state index in [4.69, 9.17) is 10.5 Å². The molecule has 0 aromatic carbocycles. The first-order valence-corrected chi connectivity index (χ1v) is 5.40. The monoisotopic (exact) mass is 200 g/mol. The van der Waals surface area contributed by atoms with Gasteiger partial charge in [0.25, 0.3) is 0 Å². The van der Waals surface area contributed by atoms with E-state index in [9.17, 15) is 4.79 Å². The van der Waals surface area contributed by atoms with E-state index in [-0.39, 0.29) is 5.91 Å². The average Bonchev–Trinajstić information content (AvgIpc) is 2.39. The molecule has 1 amide bonds. The summed E-state index contributed by atoms with van der Waals surface area (Å²) in [4.78, 5) is 13.4. The quantitative estimate of drug-likeness (QED) is 0.652. The first-order valence-electron chi connectivity index (χ1n) is 5.40. The first kappa shape index (κ1) is 11.5. The lowest BCUT2D eigenvalue weighted by Crippen LogP contribution is -2.33. The Balaban J connectivity index is 2.16. The number of rotatable bonds is 5. The predicted molar refractivity (Wildman–Crippen MR) is 54.9 cm³/mol. The number of likely N-dealkylation sites (tertiary alicyclic amines) is 1. The van der Waals surface area contributed by atoms with Gasteiger partial charge in [-0.05, 0) is 12.8 Å². The smallest absolute Gasteiger partial charge is 0.222 e. The van der Waals surface area contributed by atoms with Crippen molar-refractivity contribution < 1.29 is 9.53 Å². The second-order valence-electron chi connectivity index (χ2n) is 3.59. The highest BCUT2D eigenvalue weighted by atomic mass is 16.5. The fraction of sp³-hybridized carbons (Fsp3) is 0.900. The van der Waals surface area contributed by atoms with Crippen molar-refractivity contribution in [3.05, 3.63) is 0 Å². The Morgan fingerprint density at radius 1 is 1.29 bits per heavy atom. The summed E-state index contributed by atoms with van der Waals surface area (Å²) in [5, 5.41) is 0. The molecule has 0 spiro atoms. The molecule has 1 saturated heterocycles. The van der Waals surface area contributed by atoms with E-state index >= 15 is 0 Å². The van der Waals surface area contributed by atoms with Gasteiger partial charge in [0.05, 0.1) is 13.2 Å². The summed E-state index contributed by atoms with van der Waals surface area (Å²) in [6, 6.07) is 0. The number of nitrogens with two attached hydrogens (primary N) is 1. The third-order valence-electron chi connectivity index (χ3n) is 2.44. The third-order valence-corrected chi connectivity index (χ3v) is 2.44. The van der Waals surface area contributed by atoms with Crippen LogP contribution in [-0.2, 0) is 9.53 Å². The highest BCUT2D eigenvalue weighted by Gasteiger charge is 2.15. The van der Waals surface area contributed by atoms with Crippen LogP contribution in [0.2, 0.25) is 0 Å². The molecule has 0 aromatic rings. The fourth-order valence-electron chi connectivity index (χ4n) is 1.64. The SMILES string of the molecule is NCCOCCN1CCCCCC1=O. The molecule has 2 N–H and O–H groups in total. The molecule has 0 unspecified atom stereocenters. The maximum atomic E-state index is 11.5. The van der Waals surface area contributed by atoms with E-state index in [2.05, 4.69) is 0 Å². The zero-order valence-corrected chi connectivity index (χ0v) is 8.71. The topological polar surface area (TPSA) is 55.6 Å². The number of amides is 1. The molecule has 0 atom stereocenters. The van der Waals surface area contributed by atoms with Crippen molar-refractivity contribution in [1.82, 2.24) is 4.90 Å². The molecular weight excluding hydrogens is 180 g/mol. The van der Waals surface area contributed by atoms with E-state index in [1.165, 1.54) is 6.42 Å². The molecule has 1 aliphatic rings. The van der Waals surface area contributed by atoms with Crippen LogP contribution in [0.4, 0.5) is 0 Å². The maximum Gasteiger partial charge on any atom is 0.222 e. The number of carbonyl (C=O) groups excluding carboxylic acids is 1. The molecular formula is C10H20N2O2. The van der Waals surface area contributed by atoms with Gasteiger partial charge in [0.2, 0.25) is 5.91 Å². The summed E-state index contributed by atoms with van der Waals surface area (Å²) in [5.74, 6) is 0.277. The van der Waals surface area contributed by atoms with E-state index < -0.39 is 0 Å². The van der Waals surface area contributed by atoms with Crippen LogP contribution >= 0.6 is 0 Å². The Morgan fingerprint density at radius 2 is 2.14 bits per heavy atom. The van der Waals surface area contributed by atoms with Gasteiger partial charge in [0.1, 0.15) is 0 Å². The molecule has 82 valence electrons. The zero-order valence-electron chi connectivity index (χ0n) is 8.71. The van der Waals surface area contributed by atoms with Gasteiger partial charge in [0.15, 0.2) is 0 Å². The van der Waals surface area contributed by atoms with Crippen molar-refractivity contribution in [2.24, 2.45) is 5.73 Å². The Morgan fingerprint density at radius 3 is 2.93 bits per heavy atom. The van der Waals surface area contributed by atoms with Crippen molar-refractivity contribution in [2.45, 2.75) is 25.7 Å². The molecule has 1 fully saturated rings. The molecule has 0 aromatic heterocycles. The minimum Gasteiger partial charge on any atom is -0.378 e. The average molecular weight is 200 g/mol. The van der Waals surface area contributed by atoms with Crippen LogP contribution in [0.1, 0.15) is 25.7 Å². The van der Waals surface area contributed by atoms with Crippen molar-refractivity contribution in [2.75, 3.05) is 32.8 Å². The van der Waals surface area contributed by atoms with E-state index in [0.717, 1.165) is 25.9 Å². The van der Waals surface area contributed by atoms with Gasteiger partial charge in [-0.2, -0.15) is 0 Å². The van der Waals surface area contributed by atoms with Gasteiger partial charge in [-0.3, -0.25) is 4.79 Å². The van der Waals surface area contributed by atoms with E-state index in [1.54, 1.807) is 0 Å². The zero-order chi connectivity index (χ0) is 10.2. The van der Waals surface area contributed by atoms with Crippen LogP contribution in [0.5, 0.6) is 0 Å². The number of nitrogens with zero attached hydrogens (tertiary/aromatic N) is 1. The Hall–Kier alpha value is -0.610. The minimum atomic E-state index is 0.277. The predicted octanol–water partition coefficient (Wildman–Crippen LogP) is 0.364. The van der Waals surface area contributed by atoms with E-state index in [0.29, 0.717) is 26.2 Å². The van der Waals surface area contributed by atoms with Crippen LogP contribution in [0, 0.1) is 0 Å². The second-order valence-corrected chi connectivity index (χ2v) is 3.59. The minimum absolute atomic E-state index is 0.277. The number of hydrogen-bond acceptors (Lipinski definition) is 3. The molecule has 1 rings (SSSR count). The van der Waals surface area contributed by atoms with Crippen LogP contribution in [0.15, 0.2) is 0 Å². The summed E-state index contributed by atoms with van der Waals surface area (Å²) in [6.45, 7) is 3.36. The summed E-state index contributed by atoms with van der Waals surface area (Å²) in [7, 11) is 0. The summed E-state index contributed by atoms with van der Waals surface area (Å²) >= 11 is 0. The first-order chi connectivity index (χ1) is 6.84. The lowest BCUT2D eigenvalue weighted by Gasteiger charge is -2.20. The Labute approximate surface area is 85.4 Å². The number of ether oxygens (including phenoxy) is 1. The van der Waals surface area contributed by atoms with Crippen LogP contribution in [0.25, 0.3) is 0 Å². The van der Waals surface area contributed by atoms with Gasteiger partial charge < -0.3 is 15.4 Å². The van der Waals surface area contributed by atoms with Gasteiger partial charge >= 0.3 is 0 Å². The van der Waals surface area contributed by atoms with Gasteiger partial charge in [-0.15, -0.1) is 0 Å². The van der Waals surface area contributed by atoms with Crippen LogP contribution in [0.3, 0.4) is 0 Å². The van der Waals surface area contributed by atoms with Crippen molar-refractivity contribution in [1.29, 1.82) is 0 Å². The standard InChI is InChI=1S/C10H20N2O2/c11-5-8-14-9-7-12-6-3-1-2-4-10(12)13/h1-9,11H2. The van der Waals surface area contributed by atoms with Gasteiger partial charge in [-0.25, -0.2) is 0 Å². The molecule has 0 radical (unpaired) electrons. The van der Waals surface area contributed by atoms with Crippen molar-refractivity contribution >= 4 is 5.91 Å². The molecule has 0 saturated carbocycles. The third kappa shape index (κ3) is 4.07. The molecule has 14 heavy (non-hydrogen) atoms. The summed E-state index contributed by atoms with van der Waals surface area (Å²) in [6.07, 6.45) is 4.05. The highest BCUT2D eigenvalue weighted by Crippen LogP contribution is 2.10. The molecule has 0 aliphatic carbocycles. The van der Waals surface area contributed by atoms with Gasteiger partial charge in [-0.1, -0.05) is 6.42 Å². The lowest BCUT2D eigenvalue weighted by atomic mass is 10.2. The molecule has 1 heterocycles. The van der Waals surface area contributed by atoms with Crippen molar-refractivity contribution in [3.8, 4) is 0 Å². The normalized spacial score (nSPS) is 18.4. The van der Waals surface area contributed by atoms with Crippen molar-refractivity contribution in [3.63, 3.8) is 0 Å². The number of hydrogen-bond donors (Lipinski definition) is 1. The molecule has 1 aliphatic heterocycles. The van der Waals surface area contributed by atoms with Crippen LogP contribution in [-0.4, -0.2) is 43.7 Å². The fourth-order valence-corrected chi connectivity index (χ4v) is 1.64. The van der Waals surface area contributed by atoms with E-state index in [1.807, 2.05) is 4.90 Å². The Kier molecular flexibility index (Phi) is 5.56. The molecule has 4 heteroatoms. The summed E-state index contributed by atoms with van der Waals surface area (Å²) < 4.78 is 5.26.